The van der Waals surface area contributed by atoms with Gasteiger partial charge in [-0.15, -0.1) is 0 Å². The molecule has 0 spiro atoms. The van der Waals surface area contributed by atoms with Crippen LogP contribution in [0.3, 0.4) is 0 Å². The minimum absolute atomic E-state index is 0.00891. The first-order chi connectivity index (χ1) is 14.1. The molecule has 0 bridgehead atoms. The Kier molecular flexibility index (Phi) is 5.63. The van der Waals surface area contributed by atoms with Gasteiger partial charge >= 0.3 is 6.09 Å². The summed E-state index contributed by atoms with van der Waals surface area (Å²) >= 11 is 0. The van der Waals surface area contributed by atoms with Gasteiger partial charge in [0.05, 0.1) is 31.4 Å². The van der Waals surface area contributed by atoms with Crippen molar-refractivity contribution in [2.24, 2.45) is 0 Å². The lowest BCUT2D eigenvalue weighted by molar-refractivity contribution is -0.118. The number of alkyl carbamates (subject to hydrolysis) is 1. The van der Waals surface area contributed by atoms with Crippen molar-refractivity contribution < 1.29 is 28.2 Å². The zero-order valence-electron chi connectivity index (χ0n) is 15.6. The number of carbonyl (C=O) groups is 2. The largest absolute Gasteiger partial charge is 0.497 e. The highest BCUT2D eigenvalue weighted by Crippen LogP contribution is 2.50. The van der Waals surface area contributed by atoms with Crippen LogP contribution >= 0.6 is 21.6 Å². The number of hydrogen-bond donors (Lipinski definition) is 1. The van der Waals surface area contributed by atoms with Crippen molar-refractivity contribution in [1.29, 1.82) is 0 Å². The van der Waals surface area contributed by atoms with Crippen molar-refractivity contribution in [3.05, 3.63) is 53.5 Å². The third kappa shape index (κ3) is 3.77. The van der Waals surface area contributed by atoms with Crippen molar-refractivity contribution in [2.75, 3.05) is 19.1 Å². The number of amides is 2. The minimum atomic E-state index is -0.753. The fourth-order valence-corrected chi connectivity index (χ4v) is 5.75. The molecule has 0 aliphatic carbocycles. The van der Waals surface area contributed by atoms with Crippen molar-refractivity contribution in [1.82, 2.24) is 5.32 Å². The Morgan fingerprint density at radius 1 is 1.28 bits per heavy atom. The zero-order valence-corrected chi connectivity index (χ0v) is 17.2. The van der Waals surface area contributed by atoms with E-state index < -0.39 is 12.1 Å². The molecule has 1 N–H and O–H groups in total. The predicted molar refractivity (Wildman–Crippen MR) is 110 cm³/mol. The van der Waals surface area contributed by atoms with Crippen molar-refractivity contribution >= 4 is 39.3 Å². The molecule has 0 radical (unpaired) electrons. The zero-order chi connectivity index (χ0) is 20.4. The Hall–Kier alpha value is -2.72. The number of methoxy groups -OCH3 is 2. The lowest BCUT2D eigenvalue weighted by Gasteiger charge is -2.21. The standard InChI is InChI=1S/C19H18N2O6S2/c1-24-11-5-6-13(15(8-11)25-2)21-14-10-28-29-17(14)16(18(21)22)20-19(23)27-9-12-4-3-7-26-12/h3-8,10,16-17H,9H2,1-2H3,(H,20,23). The van der Waals surface area contributed by atoms with E-state index in [0.717, 1.165) is 5.70 Å². The Morgan fingerprint density at radius 2 is 2.14 bits per heavy atom. The molecule has 2 aromatic rings. The molecule has 8 nitrogen and oxygen atoms in total. The van der Waals surface area contributed by atoms with E-state index in [0.29, 0.717) is 22.9 Å². The summed E-state index contributed by atoms with van der Waals surface area (Å²) in [6, 6.07) is 7.90. The summed E-state index contributed by atoms with van der Waals surface area (Å²) in [6.45, 7) is -0.00891. The van der Waals surface area contributed by atoms with Gasteiger partial charge in [0.15, 0.2) is 6.61 Å². The molecule has 2 atom stereocenters. The SMILES string of the molecule is COc1ccc(N2C(=O)C(NC(=O)OCc3ccco3)C3SSC=C32)c(OC)c1. The van der Waals surface area contributed by atoms with E-state index in [1.54, 1.807) is 42.3 Å². The smallest absolute Gasteiger partial charge is 0.408 e. The second-order valence-corrected chi connectivity index (χ2v) is 8.43. The first-order valence-corrected chi connectivity index (χ1v) is 10.9. The van der Waals surface area contributed by atoms with Crippen LogP contribution < -0.4 is 19.7 Å². The summed E-state index contributed by atoms with van der Waals surface area (Å²) in [5.74, 6) is 1.38. The van der Waals surface area contributed by atoms with E-state index in [-0.39, 0.29) is 17.8 Å². The maximum atomic E-state index is 13.2. The second kappa shape index (κ2) is 8.34. The fraction of sp³-hybridized carbons (Fsp3) is 0.263. The van der Waals surface area contributed by atoms with Gasteiger partial charge in [0.25, 0.3) is 5.91 Å². The molecule has 0 saturated carbocycles. The van der Waals surface area contributed by atoms with Gasteiger partial charge in [-0.1, -0.05) is 21.6 Å². The third-order valence-electron chi connectivity index (χ3n) is 4.49. The van der Waals surface area contributed by atoms with E-state index >= 15 is 0 Å². The maximum absolute atomic E-state index is 13.2. The number of carbonyl (C=O) groups excluding carboxylic acids is 2. The number of ether oxygens (including phenoxy) is 3. The van der Waals surface area contributed by atoms with Crippen LogP contribution in [0.15, 0.2) is 52.1 Å². The van der Waals surface area contributed by atoms with Gasteiger partial charge in [0.2, 0.25) is 0 Å². The monoisotopic (exact) mass is 434 g/mol. The molecule has 10 heteroatoms. The van der Waals surface area contributed by atoms with E-state index in [2.05, 4.69) is 5.32 Å². The highest BCUT2D eigenvalue weighted by molar-refractivity contribution is 8.78. The van der Waals surface area contributed by atoms with E-state index in [4.69, 9.17) is 18.6 Å². The number of anilines is 1. The molecule has 2 aliphatic heterocycles. The molecular formula is C19H18N2O6S2. The molecule has 2 aliphatic rings. The summed E-state index contributed by atoms with van der Waals surface area (Å²) in [5.41, 5.74) is 1.38. The second-order valence-electron chi connectivity index (χ2n) is 6.14. The average molecular weight is 434 g/mol. The normalized spacial score (nSPS) is 20.3. The quantitative estimate of drug-likeness (QED) is 0.691. The highest BCUT2D eigenvalue weighted by atomic mass is 33.1. The molecule has 152 valence electrons. The van der Waals surface area contributed by atoms with Gasteiger partial charge in [-0.25, -0.2) is 4.79 Å². The summed E-state index contributed by atoms with van der Waals surface area (Å²) in [6.07, 6.45) is 0.820. The Balaban J connectivity index is 1.54. The summed E-state index contributed by atoms with van der Waals surface area (Å²) < 4.78 is 21.0. The lowest BCUT2D eigenvalue weighted by atomic mass is 10.2. The number of furan rings is 1. The van der Waals surface area contributed by atoms with Crippen LogP contribution in [-0.2, 0) is 16.1 Å². The summed E-state index contributed by atoms with van der Waals surface area (Å²) in [4.78, 5) is 27.0. The van der Waals surface area contributed by atoms with Crippen LogP contribution in [0.25, 0.3) is 0 Å². The van der Waals surface area contributed by atoms with Crippen LogP contribution in [0.1, 0.15) is 5.76 Å². The fourth-order valence-electron chi connectivity index (χ4n) is 3.12. The minimum Gasteiger partial charge on any atom is -0.497 e. The molecule has 3 heterocycles. The predicted octanol–water partition coefficient (Wildman–Crippen LogP) is 3.54. The third-order valence-corrected chi connectivity index (χ3v) is 6.91. The Bertz CT molecular complexity index is 946. The van der Waals surface area contributed by atoms with Crippen LogP contribution in [0.4, 0.5) is 10.5 Å². The molecule has 1 saturated heterocycles. The van der Waals surface area contributed by atoms with Crippen molar-refractivity contribution in [3.8, 4) is 11.5 Å². The molecule has 4 rings (SSSR count). The number of nitrogens with zero attached hydrogens (tertiary/aromatic N) is 1. The molecule has 1 aromatic heterocycles. The molecule has 1 aromatic carbocycles. The molecule has 29 heavy (non-hydrogen) atoms. The highest BCUT2D eigenvalue weighted by Gasteiger charge is 2.49. The topological polar surface area (TPSA) is 90.2 Å². The maximum Gasteiger partial charge on any atom is 0.408 e. The lowest BCUT2D eigenvalue weighted by Crippen LogP contribution is -2.45. The summed E-state index contributed by atoms with van der Waals surface area (Å²) in [7, 11) is 6.12. The average Bonchev–Trinajstić information content (AvgIpc) is 3.46. The van der Waals surface area contributed by atoms with E-state index in [9.17, 15) is 9.59 Å². The Morgan fingerprint density at radius 3 is 2.86 bits per heavy atom. The van der Waals surface area contributed by atoms with Crippen molar-refractivity contribution in [3.63, 3.8) is 0 Å². The number of nitrogens with one attached hydrogen (secondary N) is 1. The van der Waals surface area contributed by atoms with Gasteiger partial charge in [-0.2, -0.15) is 0 Å². The van der Waals surface area contributed by atoms with Crippen LogP contribution in [0.5, 0.6) is 11.5 Å². The molecular weight excluding hydrogens is 416 g/mol. The van der Waals surface area contributed by atoms with Crippen LogP contribution in [0, 0.1) is 0 Å². The molecule has 2 amide bonds. The van der Waals surface area contributed by atoms with Gasteiger partial charge in [0, 0.05) is 17.2 Å². The van der Waals surface area contributed by atoms with Crippen molar-refractivity contribution in [2.45, 2.75) is 17.9 Å². The summed E-state index contributed by atoms with van der Waals surface area (Å²) in [5, 5.41) is 4.37. The number of rotatable bonds is 6. The van der Waals surface area contributed by atoms with Gasteiger partial charge in [0.1, 0.15) is 23.3 Å². The number of fused-ring (bicyclic) bond motifs is 1. The van der Waals surface area contributed by atoms with Crippen LogP contribution in [-0.4, -0.2) is 37.5 Å². The first-order valence-electron chi connectivity index (χ1n) is 8.66. The van der Waals surface area contributed by atoms with Crippen LogP contribution in [0.2, 0.25) is 0 Å². The molecule has 1 fully saturated rings. The van der Waals surface area contributed by atoms with E-state index in [1.807, 2.05) is 5.41 Å². The van der Waals surface area contributed by atoms with E-state index in [1.165, 1.54) is 35.0 Å². The van der Waals surface area contributed by atoms with Gasteiger partial charge in [-0.3, -0.25) is 9.69 Å². The van der Waals surface area contributed by atoms with Gasteiger partial charge < -0.3 is 23.9 Å². The number of benzene rings is 1. The Labute approximate surface area is 174 Å². The van der Waals surface area contributed by atoms with Gasteiger partial charge in [-0.05, 0) is 24.3 Å². The first kappa shape index (κ1) is 19.6. The molecule has 2 unspecified atom stereocenters. The number of hydrogen-bond acceptors (Lipinski definition) is 8.